The van der Waals surface area contributed by atoms with Crippen LogP contribution in [-0.2, 0) is 6.54 Å². The molecule has 0 fully saturated rings. The Hall–Kier alpha value is -4.05. The predicted octanol–water partition coefficient (Wildman–Crippen LogP) is 6.28. The van der Waals surface area contributed by atoms with Gasteiger partial charge in [-0.05, 0) is 65.2 Å². The fraction of sp³-hybridized carbons (Fsp3) is 0.138. The second-order valence-corrected chi connectivity index (χ2v) is 8.09. The van der Waals surface area contributed by atoms with Crippen LogP contribution < -0.4 is 14.5 Å². The molecular weight excluding hydrogens is 408 g/mol. The zero-order valence-corrected chi connectivity index (χ0v) is 19.2. The number of methoxy groups -OCH3 is 1. The van der Waals surface area contributed by atoms with E-state index in [1.165, 1.54) is 0 Å². The molecule has 0 aliphatic rings. The summed E-state index contributed by atoms with van der Waals surface area (Å²) in [5, 5.41) is 0. The van der Waals surface area contributed by atoms with E-state index in [1.807, 2.05) is 85.7 Å². The average Bonchev–Trinajstić information content (AvgIpc) is 2.88. The third-order valence-corrected chi connectivity index (χ3v) is 5.66. The molecule has 0 aromatic heterocycles. The highest BCUT2D eigenvalue weighted by molar-refractivity contribution is 6.06. The average molecular weight is 437 g/mol. The van der Waals surface area contributed by atoms with Crippen LogP contribution in [0, 0.1) is 0 Å². The molecule has 33 heavy (non-hydrogen) atoms. The van der Waals surface area contributed by atoms with Crippen LogP contribution >= 0.6 is 0 Å². The summed E-state index contributed by atoms with van der Waals surface area (Å²) >= 11 is 0. The van der Waals surface area contributed by atoms with Crippen molar-refractivity contribution in [2.75, 3.05) is 31.0 Å². The summed E-state index contributed by atoms with van der Waals surface area (Å²) in [6.45, 7) is 0.472. The van der Waals surface area contributed by atoms with Crippen LogP contribution in [0.5, 0.6) is 5.75 Å². The molecule has 4 nitrogen and oxygen atoms in total. The van der Waals surface area contributed by atoms with Crippen molar-refractivity contribution >= 4 is 17.3 Å². The predicted molar refractivity (Wildman–Crippen MR) is 136 cm³/mol. The molecule has 1 amide bonds. The minimum absolute atomic E-state index is 0.0449. The van der Waals surface area contributed by atoms with Gasteiger partial charge in [-0.1, -0.05) is 54.6 Å². The molecule has 0 bridgehead atoms. The van der Waals surface area contributed by atoms with Gasteiger partial charge in [0.05, 0.1) is 13.7 Å². The number of hydrogen-bond acceptors (Lipinski definition) is 3. The van der Waals surface area contributed by atoms with Crippen LogP contribution in [-0.4, -0.2) is 27.1 Å². The van der Waals surface area contributed by atoms with Crippen LogP contribution in [0.1, 0.15) is 15.9 Å². The van der Waals surface area contributed by atoms with E-state index in [9.17, 15) is 4.79 Å². The summed E-state index contributed by atoms with van der Waals surface area (Å²) in [7, 11) is 5.67. The number of anilines is 2. The highest BCUT2D eigenvalue weighted by Gasteiger charge is 2.19. The van der Waals surface area contributed by atoms with Crippen molar-refractivity contribution in [3.63, 3.8) is 0 Å². The largest absolute Gasteiger partial charge is 0.497 e. The maximum atomic E-state index is 13.6. The number of nitrogens with zero attached hydrogens (tertiary/aromatic N) is 2. The van der Waals surface area contributed by atoms with Crippen molar-refractivity contribution in [1.82, 2.24) is 0 Å². The van der Waals surface area contributed by atoms with Gasteiger partial charge < -0.3 is 14.5 Å². The first-order chi connectivity index (χ1) is 16.0. The molecule has 0 aliphatic heterocycles. The second kappa shape index (κ2) is 10.0. The maximum absolute atomic E-state index is 13.6. The minimum Gasteiger partial charge on any atom is -0.497 e. The van der Waals surface area contributed by atoms with Gasteiger partial charge in [-0.15, -0.1) is 0 Å². The molecular formula is C29H28N2O2. The van der Waals surface area contributed by atoms with Gasteiger partial charge in [0.1, 0.15) is 5.75 Å². The van der Waals surface area contributed by atoms with Crippen molar-refractivity contribution < 1.29 is 9.53 Å². The summed E-state index contributed by atoms with van der Waals surface area (Å²) < 4.78 is 5.30. The molecule has 4 aromatic carbocycles. The molecule has 4 heteroatoms. The van der Waals surface area contributed by atoms with Crippen LogP contribution in [0.25, 0.3) is 11.1 Å². The molecule has 0 N–H and O–H groups in total. The first kappa shape index (κ1) is 22.2. The van der Waals surface area contributed by atoms with Crippen molar-refractivity contribution in [3.8, 4) is 16.9 Å². The van der Waals surface area contributed by atoms with Crippen molar-refractivity contribution in [3.05, 3.63) is 114 Å². The van der Waals surface area contributed by atoms with E-state index in [2.05, 4.69) is 41.3 Å². The number of benzene rings is 4. The van der Waals surface area contributed by atoms with E-state index in [4.69, 9.17) is 4.74 Å². The molecule has 0 aliphatic carbocycles. The Labute approximate surface area is 195 Å². The van der Waals surface area contributed by atoms with Crippen LogP contribution in [0.4, 0.5) is 11.4 Å². The van der Waals surface area contributed by atoms with E-state index in [0.717, 1.165) is 33.8 Å². The Morgan fingerprint density at radius 2 is 1.27 bits per heavy atom. The molecule has 0 unspecified atom stereocenters. The lowest BCUT2D eigenvalue weighted by Gasteiger charge is -2.24. The van der Waals surface area contributed by atoms with Gasteiger partial charge >= 0.3 is 0 Å². The van der Waals surface area contributed by atoms with Crippen molar-refractivity contribution in [2.24, 2.45) is 0 Å². The lowest BCUT2D eigenvalue weighted by Crippen LogP contribution is -2.30. The molecule has 4 rings (SSSR count). The summed E-state index contributed by atoms with van der Waals surface area (Å²) in [4.78, 5) is 17.5. The first-order valence-corrected chi connectivity index (χ1v) is 10.9. The monoisotopic (exact) mass is 436 g/mol. The van der Waals surface area contributed by atoms with Gasteiger partial charge in [0.2, 0.25) is 0 Å². The number of hydrogen-bond donors (Lipinski definition) is 0. The Balaban J connectivity index is 1.63. The third kappa shape index (κ3) is 5.24. The Bertz CT molecular complexity index is 1180. The van der Waals surface area contributed by atoms with Gasteiger partial charge in [-0.25, -0.2) is 0 Å². The van der Waals surface area contributed by atoms with E-state index < -0.39 is 0 Å². The number of carbonyl (C=O) groups is 1. The van der Waals surface area contributed by atoms with E-state index >= 15 is 0 Å². The summed E-state index contributed by atoms with van der Waals surface area (Å²) in [6.07, 6.45) is 0. The summed E-state index contributed by atoms with van der Waals surface area (Å²) in [5.74, 6) is 0.713. The normalized spacial score (nSPS) is 10.5. The molecule has 0 saturated heterocycles. The van der Waals surface area contributed by atoms with Crippen molar-refractivity contribution in [1.29, 1.82) is 0 Å². The second-order valence-electron chi connectivity index (χ2n) is 8.09. The summed E-state index contributed by atoms with van der Waals surface area (Å²) in [6, 6.07) is 33.8. The fourth-order valence-electron chi connectivity index (χ4n) is 3.72. The SMILES string of the molecule is COc1ccc(N(Cc2ccc(N(C)C)cc2)C(=O)c2ccc(-c3ccccc3)cc2)cc1. The highest BCUT2D eigenvalue weighted by Crippen LogP contribution is 2.25. The standard InChI is InChI=1S/C29H28N2O2/c1-30(2)26-15-9-22(10-16-26)21-31(27-17-19-28(33-3)20-18-27)29(32)25-13-11-24(12-14-25)23-7-5-4-6-8-23/h4-20H,21H2,1-3H3. The van der Waals surface area contributed by atoms with Crippen LogP contribution in [0.15, 0.2) is 103 Å². The zero-order valence-electron chi connectivity index (χ0n) is 19.2. The number of amides is 1. The van der Waals surface area contributed by atoms with Gasteiger partial charge in [0.25, 0.3) is 5.91 Å². The van der Waals surface area contributed by atoms with Crippen LogP contribution in [0.3, 0.4) is 0 Å². The highest BCUT2D eigenvalue weighted by atomic mass is 16.5. The molecule has 0 atom stereocenters. The molecule has 0 radical (unpaired) electrons. The van der Waals surface area contributed by atoms with Gasteiger partial charge in [-0.2, -0.15) is 0 Å². The molecule has 166 valence electrons. The van der Waals surface area contributed by atoms with E-state index in [1.54, 1.807) is 7.11 Å². The molecule has 0 heterocycles. The Morgan fingerprint density at radius 1 is 0.697 bits per heavy atom. The Morgan fingerprint density at radius 3 is 1.85 bits per heavy atom. The minimum atomic E-state index is -0.0449. The van der Waals surface area contributed by atoms with Crippen LogP contribution in [0.2, 0.25) is 0 Å². The number of ether oxygens (including phenoxy) is 1. The topological polar surface area (TPSA) is 32.8 Å². The third-order valence-electron chi connectivity index (χ3n) is 5.66. The van der Waals surface area contributed by atoms with E-state index in [0.29, 0.717) is 12.1 Å². The lowest BCUT2D eigenvalue weighted by atomic mass is 10.0. The fourth-order valence-corrected chi connectivity index (χ4v) is 3.72. The quantitative estimate of drug-likeness (QED) is 0.342. The molecule has 0 spiro atoms. The maximum Gasteiger partial charge on any atom is 0.258 e. The lowest BCUT2D eigenvalue weighted by molar-refractivity contribution is 0.0985. The Kier molecular flexibility index (Phi) is 6.75. The smallest absolute Gasteiger partial charge is 0.258 e. The molecule has 0 saturated carbocycles. The first-order valence-electron chi connectivity index (χ1n) is 10.9. The van der Waals surface area contributed by atoms with Gasteiger partial charge in [-0.3, -0.25) is 4.79 Å². The number of carbonyl (C=O) groups excluding carboxylic acids is 1. The summed E-state index contributed by atoms with van der Waals surface area (Å²) in [5.41, 5.74) is 5.87. The van der Waals surface area contributed by atoms with Gasteiger partial charge in [0.15, 0.2) is 0 Å². The van der Waals surface area contributed by atoms with Crippen molar-refractivity contribution in [2.45, 2.75) is 6.54 Å². The molecule has 4 aromatic rings. The zero-order chi connectivity index (χ0) is 23.2. The van der Waals surface area contributed by atoms with E-state index in [-0.39, 0.29) is 5.91 Å². The number of rotatable bonds is 7. The van der Waals surface area contributed by atoms with Gasteiger partial charge in [0, 0.05) is 31.0 Å².